The Morgan fingerprint density at radius 2 is 2.08 bits per heavy atom. The van der Waals surface area contributed by atoms with Gasteiger partial charge in [0.2, 0.25) is 0 Å². The number of aromatic hydroxyl groups is 1. The summed E-state index contributed by atoms with van der Waals surface area (Å²) in [6, 6.07) is 12.7. The van der Waals surface area contributed by atoms with Gasteiger partial charge in [-0.25, -0.2) is 4.79 Å². The molecule has 1 aromatic heterocycles. The molecule has 130 valence electrons. The first-order valence-electron chi connectivity index (χ1n) is 8.41. The van der Waals surface area contributed by atoms with E-state index in [9.17, 15) is 9.90 Å². The van der Waals surface area contributed by atoms with Crippen molar-refractivity contribution in [2.24, 2.45) is 0 Å². The van der Waals surface area contributed by atoms with E-state index in [1.165, 1.54) is 0 Å². The SMILES string of the molecule is O=c1oc2ccccc2n1[C@H]1CCCN(Cc2cc(Cl)ccc2O)C1. The number of phenols is 1. The van der Waals surface area contributed by atoms with E-state index >= 15 is 0 Å². The van der Waals surface area contributed by atoms with Gasteiger partial charge in [-0.05, 0) is 49.7 Å². The van der Waals surface area contributed by atoms with Gasteiger partial charge in [0.05, 0.1) is 11.6 Å². The molecule has 4 rings (SSSR count). The minimum Gasteiger partial charge on any atom is -0.508 e. The minimum absolute atomic E-state index is 0.0613. The van der Waals surface area contributed by atoms with E-state index in [2.05, 4.69) is 4.90 Å². The molecule has 6 heteroatoms. The van der Waals surface area contributed by atoms with Gasteiger partial charge >= 0.3 is 5.76 Å². The fraction of sp³-hybridized carbons (Fsp3) is 0.316. The highest BCUT2D eigenvalue weighted by Gasteiger charge is 2.25. The van der Waals surface area contributed by atoms with E-state index in [0.717, 1.165) is 37.0 Å². The zero-order valence-corrected chi connectivity index (χ0v) is 14.4. The number of benzene rings is 2. The Labute approximate surface area is 150 Å². The quantitative estimate of drug-likeness (QED) is 0.773. The number of likely N-dealkylation sites (tertiary alicyclic amines) is 1. The predicted octanol–water partition coefficient (Wildman–Crippen LogP) is 3.79. The molecule has 0 amide bonds. The molecule has 1 aliphatic heterocycles. The Balaban J connectivity index is 1.59. The lowest BCUT2D eigenvalue weighted by Crippen LogP contribution is -2.38. The molecule has 3 aromatic rings. The van der Waals surface area contributed by atoms with Crippen molar-refractivity contribution in [1.29, 1.82) is 0 Å². The third-order valence-corrected chi connectivity index (χ3v) is 5.04. The summed E-state index contributed by atoms with van der Waals surface area (Å²) in [5.74, 6) is -0.0592. The Hall–Kier alpha value is -2.24. The van der Waals surface area contributed by atoms with Crippen molar-refractivity contribution in [3.8, 4) is 5.75 Å². The van der Waals surface area contributed by atoms with Crippen molar-refractivity contribution in [3.05, 3.63) is 63.6 Å². The number of piperidine rings is 1. The summed E-state index contributed by atoms with van der Waals surface area (Å²) in [6.07, 6.45) is 1.92. The van der Waals surface area contributed by atoms with E-state index in [0.29, 0.717) is 17.2 Å². The molecule has 0 spiro atoms. The van der Waals surface area contributed by atoms with E-state index in [-0.39, 0.29) is 17.5 Å². The van der Waals surface area contributed by atoms with Gasteiger partial charge in [-0.15, -0.1) is 0 Å². The number of rotatable bonds is 3. The fourth-order valence-electron chi connectivity index (χ4n) is 3.64. The van der Waals surface area contributed by atoms with Crippen LogP contribution >= 0.6 is 11.6 Å². The summed E-state index contributed by atoms with van der Waals surface area (Å²) in [5, 5.41) is 10.7. The van der Waals surface area contributed by atoms with Crippen molar-refractivity contribution in [1.82, 2.24) is 9.47 Å². The lowest BCUT2D eigenvalue weighted by molar-refractivity contribution is 0.166. The largest absolute Gasteiger partial charge is 0.508 e. The van der Waals surface area contributed by atoms with Gasteiger partial charge in [-0.1, -0.05) is 23.7 Å². The van der Waals surface area contributed by atoms with Crippen LogP contribution in [-0.4, -0.2) is 27.7 Å². The summed E-state index contributed by atoms with van der Waals surface area (Å²) in [6.45, 7) is 2.26. The lowest BCUT2D eigenvalue weighted by Gasteiger charge is -2.33. The summed E-state index contributed by atoms with van der Waals surface area (Å²) in [5.41, 5.74) is 2.26. The van der Waals surface area contributed by atoms with Crippen molar-refractivity contribution in [2.75, 3.05) is 13.1 Å². The molecule has 2 aromatic carbocycles. The van der Waals surface area contributed by atoms with Crippen molar-refractivity contribution in [3.63, 3.8) is 0 Å². The lowest BCUT2D eigenvalue weighted by atomic mass is 10.0. The van der Waals surface area contributed by atoms with Crippen LogP contribution in [0.2, 0.25) is 5.02 Å². The van der Waals surface area contributed by atoms with Crippen molar-refractivity contribution >= 4 is 22.7 Å². The highest BCUT2D eigenvalue weighted by molar-refractivity contribution is 6.30. The fourth-order valence-corrected chi connectivity index (χ4v) is 3.83. The van der Waals surface area contributed by atoms with Gasteiger partial charge in [-0.2, -0.15) is 0 Å². The Morgan fingerprint density at radius 1 is 1.24 bits per heavy atom. The number of phenolic OH excluding ortho intramolecular Hbond substituents is 1. The number of fused-ring (bicyclic) bond motifs is 1. The number of hydrogen-bond acceptors (Lipinski definition) is 4. The van der Waals surface area contributed by atoms with Crippen LogP contribution in [0, 0.1) is 0 Å². The monoisotopic (exact) mass is 358 g/mol. The average molecular weight is 359 g/mol. The van der Waals surface area contributed by atoms with Gasteiger partial charge < -0.3 is 9.52 Å². The molecular weight excluding hydrogens is 340 g/mol. The zero-order valence-electron chi connectivity index (χ0n) is 13.7. The number of halogens is 1. The van der Waals surface area contributed by atoms with Crippen LogP contribution in [0.4, 0.5) is 0 Å². The second-order valence-corrected chi connectivity index (χ2v) is 6.95. The van der Waals surface area contributed by atoms with E-state index in [4.69, 9.17) is 16.0 Å². The molecular formula is C19H19ClN2O3. The molecule has 1 aliphatic rings. The Bertz CT molecular complexity index is 963. The molecule has 1 N–H and O–H groups in total. The minimum atomic E-state index is -0.307. The Morgan fingerprint density at radius 3 is 2.96 bits per heavy atom. The molecule has 0 aliphatic carbocycles. The van der Waals surface area contributed by atoms with Crippen LogP contribution in [0.15, 0.2) is 51.7 Å². The summed E-state index contributed by atoms with van der Waals surface area (Å²) < 4.78 is 7.14. The van der Waals surface area contributed by atoms with Crippen LogP contribution in [-0.2, 0) is 6.54 Å². The van der Waals surface area contributed by atoms with Gasteiger partial charge in [0.15, 0.2) is 5.58 Å². The predicted molar refractivity (Wildman–Crippen MR) is 97.1 cm³/mol. The first kappa shape index (κ1) is 16.2. The van der Waals surface area contributed by atoms with Crippen molar-refractivity contribution in [2.45, 2.75) is 25.4 Å². The highest BCUT2D eigenvalue weighted by atomic mass is 35.5. The zero-order chi connectivity index (χ0) is 17.4. The second kappa shape index (κ2) is 6.58. The van der Waals surface area contributed by atoms with E-state index in [1.54, 1.807) is 22.8 Å². The molecule has 0 bridgehead atoms. The van der Waals surface area contributed by atoms with Crippen LogP contribution in [0.3, 0.4) is 0 Å². The van der Waals surface area contributed by atoms with Crippen LogP contribution in [0.5, 0.6) is 5.75 Å². The third kappa shape index (κ3) is 3.17. The van der Waals surface area contributed by atoms with Gasteiger partial charge in [-0.3, -0.25) is 9.47 Å². The molecule has 1 atom stereocenters. The van der Waals surface area contributed by atoms with Gasteiger partial charge in [0, 0.05) is 23.7 Å². The second-order valence-electron chi connectivity index (χ2n) is 6.51. The van der Waals surface area contributed by atoms with E-state index < -0.39 is 0 Å². The maximum Gasteiger partial charge on any atom is 0.420 e. The molecule has 25 heavy (non-hydrogen) atoms. The van der Waals surface area contributed by atoms with Gasteiger partial charge in [0.1, 0.15) is 5.75 Å². The maximum atomic E-state index is 12.3. The molecule has 0 unspecified atom stereocenters. The Kier molecular flexibility index (Phi) is 4.27. The third-order valence-electron chi connectivity index (χ3n) is 4.80. The number of hydrogen-bond donors (Lipinski definition) is 1. The standard InChI is InChI=1S/C19H19ClN2O3/c20-14-7-8-17(23)13(10-14)11-21-9-3-4-15(12-21)22-16-5-1-2-6-18(16)25-19(22)24/h1-2,5-8,10,15,23H,3-4,9,11-12H2/t15-/m0/s1. The molecule has 5 nitrogen and oxygen atoms in total. The van der Waals surface area contributed by atoms with Crippen LogP contribution < -0.4 is 5.76 Å². The number of oxazole rings is 1. The highest BCUT2D eigenvalue weighted by Crippen LogP contribution is 2.28. The van der Waals surface area contributed by atoms with Crippen LogP contribution in [0.1, 0.15) is 24.4 Å². The van der Waals surface area contributed by atoms with Crippen molar-refractivity contribution < 1.29 is 9.52 Å². The van der Waals surface area contributed by atoms with Gasteiger partial charge in [0.25, 0.3) is 0 Å². The number of nitrogens with zero attached hydrogens (tertiary/aromatic N) is 2. The molecule has 1 fully saturated rings. The normalized spacial score (nSPS) is 18.7. The molecule has 1 saturated heterocycles. The maximum absolute atomic E-state index is 12.3. The molecule has 0 radical (unpaired) electrons. The summed E-state index contributed by atoms with van der Waals surface area (Å²) >= 11 is 6.04. The smallest absolute Gasteiger partial charge is 0.420 e. The number of para-hydroxylation sites is 2. The first-order valence-corrected chi connectivity index (χ1v) is 8.79. The van der Waals surface area contributed by atoms with Crippen LogP contribution in [0.25, 0.3) is 11.1 Å². The first-order chi connectivity index (χ1) is 12.1. The summed E-state index contributed by atoms with van der Waals surface area (Å²) in [7, 11) is 0. The summed E-state index contributed by atoms with van der Waals surface area (Å²) in [4.78, 5) is 14.6. The topological polar surface area (TPSA) is 58.6 Å². The molecule has 2 heterocycles. The molecule has 0 saturated carbocycles. The average Bonchev–Trinajstić information content (AvgIpc) is 2.94. The van der Waals surface area contributed by atoms with E-state index in [1.807, 2.05) is 24.3 Å². The number of aromatic nitrogens is 1.